The van der Waals surface area contributed by atoms with Crippen LogP contribution < -0.4 is 9.47 Å². The van der Waals surface area contributed by atoms with Gasteiger partial charge < -0.3 is 19.3 Å². The Balaban J connectivity index is 1.86. The Kier molecular flexibility index (Phi) is 11.8. The summed E-state index contributed by atoms with van der Waals surface area (Å²) in [5.74, 6) is -0.244. The predicted molar refractivity (Wildman–Crippen MR) is 156 cm³/mol. The molecule has 1 saturated heterocycles. The fourth-order valence-electron chi connectivity index (χ4n) is 4.60. The van der Waals surface area contributed by atoms with E-state index in [1.54, 1.807) is 30.3 Å². The number of carbonyl (C=O) groups is 1. The van der Waals surface area contributed by atoms with Crippen molar-refractivity contribution in [3.05, 3.63) is 77.9 Å². The molecule has 0 amide bonds. The highest BCUT2D eigenvalue weighted by atomic mass is 32.2. The molecule has 0 spiro atoms. The summed E-state index contributed by atoms with van der Waals surface area (Å²) in [6.45, 7) is 8.36. The topological polar surface area (TPSA) is 102 Å². The molecule has 1 N–H and O–H groups in total. The highest BCUT2D eigenvalue weighted by molar-refractivity contribution is 7.93. The zero-order valence-corrected chi connectivity index (χ0v) is 24.5. The van der Waals surface area contributed by atoms with Crippen molar-refractivity contribution in [3.63, 3.8) is 0 Å². The summed E-state index contributed by atoms with van der Waals surface area (Å²) in [7, 11) is -2.81. The zero-order valence-electron chi connectivity index (χ0n) is 23.7. The first-order valence-corrected chi connectivity index (χ1v) is 15.1. The van der Waals surface area contributed by atoms with Crippen LogP contribution in [-0.2, 0) is 25.8 Å². The monoisotopic (exact) mass is 571 g/mol. The maximum atomic E-state index is 14.0. The minimum Gasteiger partial charge on any atom is -0.497 e. The van der Waals surface area contributed by atoms with Crippen molar-refractivity contribution in [1.29, 1.82) is 0 Å². The van der Waals surface area contributed by atoms with Crippen LogP contribution in [0.4, 0.5) is 0 Å². The van der Waals surface area contributed by atoms with Crippen LogP contribution in [0.2, 0.25) is 0 Å². The summed E-state index contributed by atoms with van der Waals surface area (Å²) < 4.78 is 42.4. The van der Waals surface area contributed by atoms with E-state index in [-0.39, 0.29) is 17.7 Å². The van der Waals surface area contributed by atoms with E-state index in [2.05, 4.69) is 4.90 Å². The van der Waals surface area contributed by atoms with E-state index < -0.39 is 20.6 Å². The Morgan fingerprint density at radius 1 is 1.07 bits per heavy atom. The highest BCUT2D eigenvalue weighted by Crippen LogP contribution is 2.35. The second-order valence-electron chi connectivity index (χ2n) is 9.96. The molecule has 8 nitrogen and oxygen atoms in total. The Labute approximate surface area is 238 Å². The number of hydrogen-bond acceptors (Lipinski definition) is 7. The van der Waals surface area contributed by atoms with Gasteiger partial charge in [0.05, 0.1) is 25.2 Å². The van der Waals surface area contributed by atoms with Crippen LogP contribution in [0.3, 0.4) is 0 Å². The molecule has 3 rings (SSSR count). The van der Waals surface area contributed by atoms with Crippen molar-refractivity contribution >= 4 is 15.8 Å². The van der Waals surface area contributed by atoms with Crippen LogP contribution in [0.25, 0.3) is 0 Å². The molecule has 1 atom stereocenters. The van der Waals surface area contributed by atoms with Gasteiger partial charge in [-0.1, -0.05) is 35.9 Å². The minimum absolute atomic E-state index is 0.0567. The number of benzene rings is 2. The van der Waals surface area contributed by atoms with Gasteiger partial charge in [-0.05, 0) is 75.1 Å². The summed E-state index contributed by atoms with van der Waals surface area (Å²) in [4.78, 5) is 15.1. The summed E-state index contributed by atoms with van der Waals surface area (Å²) in [5.41, 5.74) is 1.54. The second-order valence-corrected chi connectivity index (χ2v) is 12.2. The average Bonchev–Trinajstić information content (AvgIpc) is 2.96. The van der Waals surface area contributed by atoms with Crippen molar-refractivity contribution in [2.45, 2.75) is 49.2 Å². The largest absolute Gasteiger partial charge is 0.497 e. The smallest absolute Gasteiger partial charge is 0.326 e. The van der Waals surface area contributed by atoms with Crippen molar-refractivity contribution in [3.8, 4) is 11.5 Å². The molecule has 40 heavy (non-hydrogen) atoms. The Hall–Kier alpha value is -3.14. The maximum Gasteiger partial charge on any atom is 0.326 e. The molecule has 1 fully saturated rings. The maximum absolute atomic E-state index is 14.0. The van der Waals surface area contributed by atoms with E-state index in [9.17, 15) is 18.3 Å². The normalized spacial score (nSPS) is 16.5. The fourth-order valence-corrected chi connectivity index (χ4v) is 6.44. The van der Waals surface area contributed by atoms with Gasteiger partial charge in [-0.3, -0.25) is 9.69 Å². The van der Waals surface area contributed by atoms with Crippen molar-refractivity contribution in [2.24, 2.45) is 0 Å². The Morgan fingerprint density at radius 3 is 2.33 bits per heavy atom. The molecule has 9 heteroatoms. The minimum atomic E-state index is -4.30. The molecular weight excluding hydrogens is 530 g/mol. The Bertz CT molecular complexity index is 1250. The third-order valence-corrected chi connectivity index (χ3v) is 9.60. The third kappa shape index (κ3) is 8.19. The van der Waals surface area contributed by atoms with Gasteiger partial charge in [0.1, 0.15) is 18.1 Å². The van der Waals surface area contributed by atoms with Crippen molar-refractivity contribution in [2.75, 3.05) is 46.6 Å². The molecule has 0 aromatic heterocycles. The van der Waals surface area contributed by atoms with E-state index in [0.717, 1.165) is 51.3 Å². The second kappa shape index (κ2) is 15.0. The molecule has 0 aliphatic carbocycles. The first kappa shape index (κ1) is 31.4. The summed E-state index contributed by atoms with van der Waals surface area (Å²) in [5, 5.41) is 10.5. The Morgan fingerprint density at radius 2 is 1.73 bits per heavy atom. The predicted octanol–water partition coefficient (Wildman–Crippen LogP) is 4.94. The quantitative estimate of drug-likeness (QED) is 0.300. The molecular formula is C31H41NO7S. The van der Waals surface area contributed by atoms with Gasteiger partial charge in [-0.15, -0.1) is 0 Å². The molecule has 2 aromatic rings. The molecule has 0 radical (unpaired) electrons. The third-order valence-electron chi connectivity index (χ3n) is 7.19. The molecule has 1 aliphatic rings. The van der Waals surface area contributed by atoms with Crippen molar-refractivity contribution in [1.82, 2.24) is 4.90 Å². The van der Waals surface area contributed by atoms with Crippen LogP contribution in [0.1, 0.15) is 38.7 Å². The van der Waals surface area contributed by atoms with Crippen LogP contribution >= 0.6 is 0 Å². The number of rotatable bonds is 15. The molecule has 0 saturated carbocycles. The van der Waals surface area contributed by atoms with E-state index in [0.29, 0.717) is 23.7 Å². The number of hydrogen-bond donors (Lipinski definition) is 1. The molecule has 0 bridgehead atoms. The molecule has 218 valence electrons. The van der Waals surface area contributed by atoms with E-state index in [4.69, 9.17) is 14.2 Å². The van der Waals surface area contributed by atoms with Gasteiger partial charge in [-0.25, -0.2) is 8.42 Å². The van der Waals surface area contributed by atoms with Gasteiger partial charge in [0.15, 0.2) is 14.6 Å². The summed E-state index contributed by atoms with van der Waals surface area (Å²) >= 11 is 0. The first-order chi connectivity index (χ1) is 19.2. The standard InChI is InChI=1S/C31H41NO7S/c1-4-5-6-7-25(2)16-17-31(30(33)34,40(35,36)29-14-12-27(37-3)13-15-29)24-26-8-10-28(11-9-26)39-23-20-32-18-21-38-22-19-32/h4-5,8-16H,6-7,17-24H2,1-3H3,(H,33,34)/b5-4+,25-16+. The highest BCUT2D eigenvalue weighted by Gasteiger charge is 2.51. The fraction of sp³-hybridized carbons (Fsp3) is 0.452. The molecule has 1 heterocycles. The van der Waals surface area contributed by atoms with Gasteiger partial charge in [-0.2, -0.15) is 0 Å². The van der Waals surface area contributed by atoms with E-state index >= 15 is 0 Å². The number of nitrogens with zero attached hydrogens (tertiary/aromatic N) is 1. The number of aliphatic carboxylic acids is 1. The number of sulfone groups is 1. The number of carboxylic acid groups (broad SMARTS) is 1. The van der Waals surface area contributed by atoms with Crippen LogP contribution in [0.5, 0.6) is 11.5 Å². The van der Waals surface area contributed by atoms with Gasteiger partial charge in [0, 0.05) is 26.1 Å². The van der Waals surface area contributed by atoms with Crippen LogP contribution in [0.15, 0.2) is 77.2 Å². The van der Waals surface area contributed by atoms with E-state index in [1.165, 1.54) is 31.4 Å². The molecule has 1 aliphatic heterocycles. The lowest BCUT2D eigenvalue weighted by Gasteiger charge is -2.29. The summed E-state index contributed by atoms with van der Waals surface area (Å²) in [6, 6.07) is 12.9. The lowest BCUT2D eigenvalue weighted by molar-refractivity contribution is -0.140. The first-order valence-electron chi connectivity index (χ1n) is 13.6. The SMILES string of the molecule is C/C=C/CC/C(C)=C/CC(Cc1ccc(OCCN2CCOCC2)cc1)(C(=O)O)S(=O)(=O)c1ccc(OC)cc1. The van der Waals surface area contributed by atoms with E-state index in [1.807, 2.05) is 26.0 Å². The molecule has 2 aromatic carbocycles. The number of carboxylic acids is 1. The lowest BCUT2D eigenvalue weighted by Crippen LogP contribution is -2.48. The van der Waals surface area contributed by atoms with Crippen LogP contribution in [-0.4, -0.2) is 75.7 Å². The van der Waals surface area contributed by atoms with Crippen LogP contribution in [0, 0.1) is 0 Å². The van der Waals surface area contributed by atoms with Crippen molar-refractivity contribution < 1.29 is 32.5 Å². The zero-order chi connectivity index (χ0) is 29.0. The summed E-state index contributed by atoms with van der Waals surface area (Å²) in [6.07, 6.45) is 6.91. The van der Waals surface area contributed by atoms with Gasteiger partial charge >= 0.3 is 5.97 Å². The average molecular weight is 572 g/mol. The van der Waals surface area contributed by atoms with Gasteiger partial charge in [0.2, 0.25) is 0 Å². The molecule has 1 unspecified atom stereocenters. The number of ether oxygens (including phenoxy) is 3. The number of allylic oxidation sites excluding steroid dienone is 4. The number of morpholine rings is 1. The number of methoxy groups -OCH3 is 1. The lowest BCUT2D eigenvalue weighted by atomic mass is 9.93. The van der Waals surface area contributed by atoms with Gasteiger partial charge in [0.25, 0.3) is 0 Å².